The highest BCUT2D eigenvalue weighted by Gasteiger charge is 2.16. The summed E-state index contributed by atoms with van der Waals surface area (Å²) in [6.07, 6.45) is 0. The number of carbonyl (C=O) groups is 2. The van der Waals surface area contributed by atoms with Crippen molar-refractivity contribution in [1.29, 1.82) is 0 Å². The Morgan fingerprint density at radius 1 is 0.844 bits per heavy atom. The molecule has 0 aliphatic carbocycles. The van der Waals surface area contributed by atoms with E-state index in [1.807, 2.05) is 0 Å². The van der Waals surface area contributed by atoms with Crippen LogP contribution in [-0.4, -0.2) is 22.0 Å². The molecule has 7 nitrogen and oxygen atoms in total. The second kappa shape index (κ2) is 10.6. The number of hydrogen-bond acceptors (Lipinski definition) is 5. The van der Waals surface area contributed by atoms with Gasteiger partial charge in [-0.2, -0.15) is 0 Å². The third-order valence-electron chi connectivity index (χ3n) is 3.96. The highest BCUT2D eigenvalue weighted by molar-refractivity contribution is 7.80. The number of anilines is 2. The molecule has 0 atom stereocenters. The van der Waals surface area contributed by atoms with Crippen LogP contribution in [0.5, 0.6) is 0 Å². The summed E-state index contributed by atoms with van der Waals surface area (Å²) in [6.45, 7) is 1.37. The minimum atomic E-state index is -0.522. The number of halogens is 2. The number of carbonyl (C=O) groups excluding carboxylic acids is 2. The zero-order chi connectivity index (χ0) is 23.3. The number of amides is 2. The fraction of sp³-hybridized carbons (Fsp3) is 0.0476. The Balaban J connectivity index is 1.58. The van der Waals surface area contributed by atoms with Crippen LogP contribution < -0.4 is 21.3 Å². The van der Waals surface area contributed by atoms with Crippen LogP contribution in [0.15, 0.2) is 59.0 Å². The van der Waals surface area contributed by atoms with Crippen LogP contribution in [0.25, 0.3) is 11.3 Å². The summed E-state index contributed by atoms with van der Waals surface area (Å²) >= 11 is 22.4. The lowest BCUT2D eigenvalue weighted by molar-refractivity contribution is -0.117. The Morgan fingerprint density at radius 3 is 2.03 bits per heavy atom. The average molecular weight is 507 g/mol. The quantitative estimate of drug-likeness (QED) is 0.360. The summed E-state index contributed by atoms with van der Waals surface area (Å²) in [5.41, 5.74) is 1.88. The van der Waals surface area contributed by atoms with Crippen molar-refractivity contribution in [1.82, 2.24) is 10.6 Å². The molecule has 0 spiro atoms. The van der Waals surface area contributed by atoms with Gasteiger partial charge >= 0.3 is 0 Å². The molecule has 0 saturated carbocycles. The Bertz CT molecular complexity index is 1200. The van der Waals surface area contributed by atoms with E-state index in [2.05, 4.69) is 21.3 Å². The van der Waals surface area contributed by atoms with Crippen LogP contribution in [0.3, 0.4) is 0 Å². The summed E-state index contributed by atoms with van der Waals surface area (Å²) in [6, 6.07) is 15.2. The zero-order valence-corrected chi connectivity index (χ0v) is 19.6. The van der Waals surface area contributed by atoms with Crippen molar-refractivity contribution in [3.63, 3.8) is 0 Å². The number of thiocarbonyl (C=S) groups is 2. The van der Waals surface area contributed by atoms with Crippen LogP contribution in [0, 0.1) is 0 Å². The molecule has 0 bridgehead atoms. The molecule has 3 aromatic rings. The minimum Gasteiger partial charge on any atom is -0.451 e. The number of nitrogens with one attached hydrogen (secondary N) is 4. The van der Waals surface area contributed by atoms with Gasteiger partial charge in [0.1, 0.15) is 5.76 Å². The number of furan rings is 1. The fourth-order valence-corrected chi connectivity index (χ4v) is 3.45. The maximum Gasteiger partial charge on any atom is 0.293 e. The van der Waals surface area contributed by atoms with Gasteiger partial charge in [0.05, 0.1) is 10.0 Å². The molecule has 164 valence electrons. The zero-order valence-electron chi connectivity index (χ0n) is 16.5. The molecule has 0 saturated heterocycles. The van der Waals surface area contributed by atoms with E-state index >= 15 is 0 Å². The maximum atomic E-state index is 12.5. The van der Waals surface area contributed by atoms with Crippen molar-refractivity contribution in [2.45, 2.75) is 6.92 Å². The first kappa shape index (κ1) is 23.7. The molecule has 0 fully saturated rings. The normalized spacial score (nSPS) is 10.2. The topological polar surface area (TPSA) is 95.4 Å². The van der Waals surface area contributed by atoms with Crippen LogP contribution in [0.4, 0.5) is 11.4 Å². The molecule has 11 heteroatoms. The molecule has 32 heavy (non-hydrogen) atoms. The van der Waals surface area contributed by atoms with Crippen molar-refractivity contribution in [3.05, 3.63) is 70.4 Å². The van der Waals surface area contributed by atoms with Crippen molar-refractivity contribution in [2.24, 2.45) is 0 Å². The molecule has 0 unspecified atom stereocenters. The van der Waals surface area contributed by atoms with Gasteiger partial charge in [-0.1, -0.05) is 29.3 Å². The van der Waals surface area contributed by atoms with Crippen molar-refractivity contribution in [2.75, 3.05) is 10.6 Å². The van der Waals surface area contributed by atoms with Gasteiger partial charge in [0.15, 0.2) is 16.0 Å². The maximum absolute atomic E-state index is 12.5. The molecular weight excluding hydrogens is 491 g/mol. The summed E-state index contributed by atoms with van der Waals surface area (Å²) < 4.78 is 5.61. The van der Waals surface area contributed by atoms with E-state index < -0.39 is 5.91 Å². The monoisotopic (exact) mass is 506 g/mol. The number of rotatable bonds is 4. The lowest BCUT2D eigenvalue weighted by Gasteiger charge is -2.11. The highest BCUT2D eigenvalue weighted by atomic mass is 35.5. The number of benzene rings is 2. The van der Waals surface area contributed by atoms with Crippen LogP contribution in [0.1, 0.15) is 17.5 Å². The van der Waals surface area contributed by atoms with Gasteiger partial charge in [-0.05, 0) is 73.0 Å². The Hall–Kier alpha value is -2.98. The Morgan fingerprint density at radius 2 is 1.44 bits per heavy atom. The second-order valence-electron chi connectivity index (χ2n) is 6.39. The fourth-order valence-electron chi connectivity index (χ4n) is 2.58. The van der Waals surface area contributed by atoms with Gasteiger partial charge in [-0.3, -0.25) is 14.9 Å². The van der Waals surface area contributed by atoms with Crippen LogP contribution in [0.2, 0.25) is 10.0 Å². The molecule has 0 radical (unpaired) electrons. The highest BCUT2D eigenvalue weighted by Crippen LogP contribution is 2.34. The molecule has 3 rings (SSSR count). The third kappa shape index (κ3) is 6.27. The van der Waals surface area contributed by atoms with Crippen molar-refractivity contribution >= 4 is 81.1 Å². The van der Waals surface area contributed by atoms with E-state index in [0.29, 0.717) is 32.7 Å². The minimum absolute atomic E-state index is 0.0613. The lowest BCUT2D eigenvalue weighted by Crippen LogP contribution is -2.34. The molecule has 2 amide bonds. The summed E-state index contributed by atoms with van der Waals surface area (Å²) in [7, 11) is 0. The summed E-state index contributed by atoms with van der Waals surface area (Å²) in [5.74, 6) is -0.319. The lowest BCUT2D eigenvalue weighted by atomic mass is 10.2. The van der Waals surface area contributed by atoms with Crippen LogP contribution >= 0.6 is 47.6 Å². The van der Waals surface area contributed by atoms with E-state index in [1.54, 1.807) is 48.5 Å². The number of hydrogen-bond donors (Lipinski definition) is 4. The average Bonchev–Trinajstić information content (AvgIpc) is 3.21. The summed E-state index contributed by atoms with van der Waals surface area (Å²) in [4.78, 5) is 23.5. The van der Waals surface area contributed by atoms with E-state index in [-0.39, 0.29) is 21.9 Å². The van der Waals surface area contributed by atoms with E-state index in [1.165, 1.54) is 13.0 Å². The van der Waals surface area contributed by atoms with Gasteiger partial charge in [0, 0.05) is 23.9 Å². The van der Waals surface area contributed by atoms with E-state index in [4.69, 9.17) is 52.1 Å². The van der Waals surface area contributed by atoms with Crippen molar-refractivity contribution in [3.8, 4) is 11.3 Å². The van der Waals surface area contributed by atoms with E-state index in [9.17, 15) is 9.59 Å². The van der Waals surface area contributed by atoms with E-state index in [0.717, 1.165) is 0 Å². The molecule has 0 aliphatic rings. The Kier molecular flexibility index (Phi) is 7.81. The first-order valence-corrected chi connectivity index (χ1v) is 10.7. The first-order chi connectivity index (χ1) is 15.2. The first-order valence-electron chi connectivity index (χ1n) is 9.08. The standard InChI is InChI=1S/C21H16Cl2N4O3S2/c1-11(28)24-20(31)25-12-5-7-13(8-6-12)26-21(32)27-19(29)17-10-9-16(30-17)14-3-2-4-15(22)18(14)23/h2-10H,1H3,(H2,24,25,28,31)(H2,26,27,29,32). The van der Waals surface area contributed by atoms with Crippen molar-refractivity contribution < 1.29 is 14.0 Å². The molecule has 0 aliphatic heterocycles. The van der Waals surface area contributed by atoms with Gasteiger partial charge in [-0.25, -0.2) is 0 Å². The van der Waals surface area contributed by atoms with Gasteiger partial charge in [-0.15, -0.1) is 0 Å². The SMILES string of the molecule is CC(=O)NC(=S)Nc1ccc(NC(=S)NC(=O)c2ccc(-c3cccc(Cl)c3Cl)o2)cc1. The molecule has 1 aromatic heterocycles. The molecule has 2 aromatic carbocycles. The van der Waals surface area contributed by atoms with Gasteiger partial charge in [0.2, 0.25) is 5.91 Å². The Labute approximate surface area is 204 Å². The van der Waals surface area contributed by atoms with Gasteiger partial charge in [0.25, 0.3) is 5.91 Å². The predicted octanol–water partition coefficient (Wildman–Crippen LogP) is 5.21. The molecular formula is C21H16Cl2N4O3S2. The second-order valence-corrected chi connectivity index (χ2v) is 7.99. The largest absolute Gasteiger partial charge is 0.451 e. The molecule has 4 N–H and O–H groups in total. The smallest absolute Gasteiger partial charge is 0.293 e. The van der Waals surface area contributed by atoms with Crippen LogP contribution in [-0.2, 0) is 4.79 Å². The summed E-state index contributed by atoms with van der Waals surface area (Å²) in [5, 5.41) is 11.8. The molecule has 1 heterocycles. The third-order valence-corrected chi connectivity index (χ3v) is 5.19. The van der Waals surface area contributed by atoms with Gasteiger partial charge < -0.3 is 20.4 Å². The predicted molar refractivity (Wildman–Crippen MR) is 134 cm³/mol.